The summed E-state index contributed by atoms with van der Waals surface area (Å²) in [7, 11) is 2.74. The summed E-state index contributed by atoms with van der Waals surface area (Å²) in [5, 5.41) is 15.4. The smallest absolute Gasteiger partial charge is 0.357 e. The first kappa shape index (κ1) is 24.9. The molecule has 0 radical (unpaired) electrons. The third-order valence-electron chi connectivity index (χ3n) is 5.87. The summed E-state index contributed by atoms with van der Waals surface area (Å²) in [5.41, 5.74) is 0.581. The van der Waals surface area contributed by atoms with Crippen LogP contribution in [0.5, 0.6) is 23.1 Å². The van der Waals surface area contributed by atoms with Gasteiger partial charge in [-0.3, -0.25) is 4.79 Å². The topological polar surface area (TPSA) is 154 Å². The maximum atomic E-state index is 13.5. The third kappa shape index (κ3) is 4.78. The first-order valence-electron chi connectivity index (χ1n) is 11.3. The van der Waals surface area contributed by atoms with Crippen LogP contribution in [0.1, 0.15) is 22.1 Å². The number of H-pyrrole nitrogens is 1. The Kier molecular flexibility index (Phi) is 6.75. The standard InChI is InChI=1S/C25H22N4O8S/c1-34-15-5-3-4-13(8-15)9-17(21(30)28-24-26-16(11-38-24)23(32)35-2)29-22(31)20(27-25(29)33)14-6-7-18-19(10-14)37-12-36-18/h3-8,10-11,17,31H,9,12H2,1-2H3,(H,27,33)(H,26,28,30)/t17-/m0/s1. The number of nitrogens with one attached hydrogen (secondary N) is 2. The van der Waals surface area contributed by atoms with Crippen molar-refractivity contribution in [3.8, 4) is 34.4 Å². The number of amides is 1. The number of aromatic hydroxyl groups is 1. The van der Waals surface area contributed by atoms with Crippen molar-refractivity contribution in [1.82, 2.24) is 14.5 Å². The van der Waals surface area contributed by atoms with E-state index in [2.05, 4.69) is 20.0 Å². The molecular formula is C25H22N4O8S. The molecule has 1 amide bonds. The Labute approximate surface area is 219 Å². The van der Waals surface area contributed by atoms with Gasteiger partial charge in [0, 0.05) is 17.4 Å². The Bertz CT molecular complexity index is 1570. The van der Waals surface area contributed by atoms with Gasteiger partial charge in [-0.2, -0.15) is 0 Å². The van der Waals surface area contributed by atoms with Gasteiger partial charge in [0.05, 0.1) is 14.2 Å². The summed E-state index contributed by atoms with van der Waals surface area (Å²) < 4.78 is 21.6. The molecule has 0 aliphatic carbocycles. The zero-order chi connectivity index (χ0) is 26.8. The van der Waals surface area contributed by atoms with Gasteiger partial charge in [0.2, 0.25) is 18.6 Å². The number of hydrogen-bond acceptors (Lipinski definition) is 10. The lowest BCUT2D eigenvalue weighted by Crippen LogP contribution is -2.33. The minimum absolute atomic E-state index is 0.0314. The van der Waals surface area contributed by atoms with E-state index < -0.39 is 29.5 Å². The Hall–Kier alpha value is -4.78. The zero-order valence-electron chi connectivity index (χ0n) is 20.2. The van der Waals surface area contributed by atoms with Crippen LogP contribution in [-0.4, -0.2) is 52.5 Å². The average Bonchev–Trinajstić information content (AvgIpc) is 3.66. The third-order valence-corrected chi connectivity index (χ3v) is 6.63. The van der Waals surface area contributed by atoms with Crippen molar-refractivity contribution in [1.29, 1.82) is 0 Å². The fourth-order valence-corrected chi connectivity index (χ4v) is 4.71. The van der Waals surface area contributed by atoms with Crippen LogP contribution in [0.3, 0.4) is 0 Å². The van der Waals surface area contributed by atoms with Gasteiger partial charge in [-0.1, -0.05) is 12.1 Å². The number of thiazole rings is 1. The van der Waals surface area contributed by atoms with Crippen molar-refractivity contribution < 1.29 is 33.6 Å². The van der Waals surface area contributed by atoms with Crippen molar-refractivity contribution >= 4 is 28.3 Å². The van der Waals surface area contributed by atoms with Gasteiger partial charge in [-0.25, -0.2) is 19.1 Å². The van der Waals surface area contributed by atoms with Crippen LogP contribution >= 0.6 is 11.3 Å². The van der Waals surface area contributed by atoms with Crippen LogP contribution in [0.25, 0.3) is 11.3 Å². The Morgan fingerprint density at radius 1 is 1.21 bits per heavy atom. The molecule has 4 aromatic rings. The molecule has 0 saturated heterocycles. The number of aromatic nitrogens is 3. The summed E-state index contributed by atoms with van der Waals surface area (Å²) in [6.07, 6.45) is 0.0319. The number of ether oxygens (including phenoxy) is 4. The van der Waals surface area contributed by atoms with E-state index >= 15 is 0 Å². The highest BCUT2D eigenvalue weighted by Gasteiger charge is 2.29. The predicted molar refractivity (Wildman–Crippen MR) is 136 cm³/mol. The first-order chi connectivity index (χ1) is 18.4. The molecule has 0 saturated carbocycles. The summed E-state index contributed by atoms with van der Waals surface area (Å²) in [4.78, 5) is 45.1. The molecule has 38 heavy (non-hydrogen) atoms. The van der Waals surface area contributed by atoms with Crippen molar-refractivity contribution in [2.24, 2.45) is 0 Å². The normalized spacial score (nSPS) is 12.7. The number of anilines is 1. The molecule has 2 aromatic carbocycles. The maximum absolute atomic E-state index is 13.5. The molecule has 0 bridgehead atoms. The van der Waals surface area contributed by atoms with Gasteiger partial charge in [0.25, 0.3) is 0 Å². The van der Waals surface area contributed by atoms with E-state index in [1.54, 1.807) is 42.5 Å². The fourth-order valence-electron chi connectivity index (χ4n) is 4.02. The van der Waals surface area contributed by atoms with E-state index in [0.717, 1.165) is 15.9 Å². The molecule has 0 unspecified atom stereocenters. The molecule has 0 spiro atoms. The van der Waals surface area contributed by atoms with E-state index in [-0.39, 0.29) is 29.7 Å². The van der Waals surface area contributed by atoms with E-state index in [1.807, 2.05) is 0 Å². The molecule has 3 heterocycles. The number of aromatic amines is 1. The van der Waals surface area contributed by atoms with E-state index in [1.165, 1.54) is 19.6 Å². The van der Waals surface area contributed by atoms with Crippen LogP contribution in [0, 0.1) is 0 Å². The largest absolute Gasteiger partial charge is 0.497 e. The van der Waals surface area contributed by atoms with Crippen molar-refractivity contribution in [3.63, 3.8) is 0 Å². The fraction of sp³-hybridized carbons (Fsp3) is 0.200. The number of fused-ring (bicyclic) bond motifs is 1. The molecule has 5 rings (SSSR count). The first-order valence-corrected chi connectivity index (χ1v) is 12.2. The maximum Gasteiger partial charge on any atom is 0.357 e. The van der Waals surface area contributed by atoms with Gasteiger partial charge in [-0.15, -0.1) is 11.3 Å². The minimum atomic E-state index is -1.20. The number of rotatable bonds is 8. The monoisotopic (exact) mass is 538 g/mol. The van der Waals surface area contributed by atoms with Crippen LogP contribution in [0.15, 0.2) is 52.6 Å². The second-order valence-electron chi connectivity index (χ2n) is 8.16. The van der Waals surface area contributed by atoms with Crippen LogP contribution in [-0.2, 0) is 16.0 Å². The molecule has 196 valence electrons. The van der Waals surface area contributed by atoms with Gasteiger partial charge in [-0.05, 0) is 35.9 Å². The minimum Gasteiger partial charge on any atom is -0.497 e. The van der Waals surface area contributed by atoms with Gasteiger partial charge < -0.3 is 34.4 Å². The Balaban J connectivity index is 1.52. The van der Waals surface area contributed by atoms with E-state index in [0.29, 0.717) is 28.4 Å². The van der Waals surface area contributed by atoms with Gasteiger partial charge in [0.15, 0.2) is 22.3 Å². The van der Waals surface area contributed by atoms with Gasteiger partial charge in [0.1, 0.15) is 17.5 Å². The Morgan fingerprint density at radius 2 is 2.03 bits per heavy atom. The molecule has 1 aliphatic rings. The zero-order valence-corrected chi connectivity index (χ0v) is 21.0. The van der Waals surface area contributed by atoms with E-state index in [9.17, 15) is 19.5 Å². The highest BCUT2D eigenvalue weighted by molar-refractivity contribution is 7.14. The lowest BCUT2D eigenvalue weighted by molar-refractivity contribution is -0.119. The second kappa shape index (κ2) is 10.3. The molecule has 1 aliphatic heterocycles. The number of imidazole rings is 1. The molecule has 1 atom stereocenters. The second-order valence-corrected chi connectivity index (χ2v) is 9.02. The van der Waals surface area contributed by atoms with Crippen LogP contribution in [0.2, 0.25) is 0 Å². The summed E-state index contributed by atoms with van der Waals surface area (Å²) >= 11 is 1.02. The summed E-state index contributed by atoms with van der Waals surface area (Å²) in [6, 6.07) is 10.8. The predicted octanol–water partition coefficient (Wildman–Crippen LogP) is 2.95. The average molecular weight is 539 g/mol. The van der Waals surface area contributed by atoms with Crippen LogP contribution < -0.4 is 25.2 Å². The molecule has 0 fully saturated rings. The highest BCUT2D eigenvalue weighted by atomic mass is 32.1. The number of esters is 1. The summed E-state index contributed by atoms with van der Waals surface area (Å²) in [5.74, 6) is -0.150. The number of methoxy groups -OCH3 is 2. The lowest BCUT2D eigenvalue weighted by atomic mass is 10.0. The van der Waals surface area contributed by atoms with Crippen molar-refractivity contribution in [2.45, 2.75) is 12.5 Å². The number of hydrogen-bond donors (Lipinski definition) is 3. The van der Waals surface area contributed by atoms with Crippen molar-refractivity contribution in [2.75, 3.05) is 26.3 Å². The molecule has 12 nitrogen and oxygen atoms in total. The van der Waals surface area contributed by atoms with Crippen molar-refractivity contribution in [3.05, 3.63) is 69.6 Å². The highest BCUT2D eigenvalue weighted by Crippen LogP contribution is 2.38. The number of nitrogens with zero attached hydrogens (tertiary/aromatic N) is 2. The Morgan fingerprint density at radius 3 is 2.82 bits per heavy atom. The molecule has 13 heteroatoms. The summed E-state index contributed by atoms with van der Waals surface area (Å²) in [6.45, 7) is 0.0690. The quantitative estimate of drug-likeness (QED) is 0.287. The number of carbonyl (C=O) groups excluding carboxylic acids is 2. The van der Waals surface area contributed by atoms with E-state index in [4.69, 9.17) is 14.2 Å². The van der Waals surface area contributed by atoms with Gasteiger partial charge >= 0.3 is 11.7 Å². The lowest BCUT2D eigenvalue weighted by Gasteiger charge is -2.18. The molecule has 3 N–H and O–H groups in total. The molecular weight excluding hydrogens is 516 g/mol. The SMILES string of the molecule is COC(=O)c1csc(NC(=O)[C@H](Cc2cccc(OC)c2)n2c(O)c(-c3ccc4c(c3)OCO4)[nH]c2=O)n1. The molecule has 2 aromatic heterocycles. The number of carbonyl (C=O) groups is 2. The number of benzene rings is 2. The van der Waals surface area contributed by atoms with Crippen LogP contribution in [0.4, 0.5) is 5.13 Å².